The molecule has 118 valence electrons. The third kappa shape index (κ3) is 3.55. The molecule has 0 aromatic heterocycles. The van der Waals surface area contributed by atoms with E-state index in [1.807, 2.05) is 19.1 Å². The predicted molar refractivity (Wildman–Crippen MR) is 78.9 cm³/mol. The normalized spacial score (nSPS) is 14.8. The second-order valence-electron chi connectivity index (χ2n) is 5.17. The van der Waals surface area contributed by atoms with Gasteiger partial charge in [-0.05, 0) is 31.0 Å². The monoisotopic (exact) mass is 306 g/mol. The molecule has 0 radical (unpaired) electrons. The maximum absolute atomic E-state index is 12.0. The van der Waals surface area contributed by atoms with Crippen molar-refractivity contribution in [1.82, 2.24) is 5.32 Å². The van der Waals surface area contributed by atoms with Crippen molar-refractivity contribution in [1.29, 1.82) is 0 Å². The van der Waals surface area contributed by atoms with Crippen LogP contribution in [0.2, 0.25) is 0 Å². The highest BCUT2D eigenvalue weighted by Gasteiger charge is 2.27. The van der Waals surface area contributed by atoms with Gasteiger partial charge in [0.15, 0.2) is 5.75 Å². The Morgan fingerprint density at radius 3 is 2.82 bits per heavy atom. The van der Waals surface area contributed by atoms with Gasteiger partial charge >= 0.3 is 11.9 Å². The van der Waals surface area contributed by atoms with E-state index in [1.54, 1.807) is 17.9 Å². The van der Waals surface area contributed by atoms with Gasteiger partial charge in [-0.1, -0.05) is 13.0 Å². The Balaban J connectivity index is 2.13. The minimum atomic E-state index is -1.08. The van der Waals surface area contributed by atoms with E-state index in [9.17, 15) is 14.4 Å². The first-order valence-electron chi connectivity index (χ1n) is 6.99. The number of benzene rings is 1. The van der Waals surface area contributed by atoms with Crippen LogP contribution in [0.1, 0.15) is 18.9 Å². The van der Waals surface area contributed by atoms with Crippen molar-refractivity contribution in [3.63, 3.8) is 0 Å². The minimum absolute atomic E-state index is 0.0479. The Hall–Kier alpha value is -2.57. The van der Waals surface area contributed by atoms with E-state index in [-0.39, 0.29) is 13.1 Å². The molecule has 7 heteroatoms. The zero-order valence-corrected chi connectivity index (χ0v) is 12.5. The van der Waals surface area contributed by atoms with Crippen molar-refractivity contribution in [2.75, 3.05) is 18.0 Å². The topological polar surface area (TPSA) is 95.9 Å². The number of carboxylic acid groups (broad SMARTS) is 1. The molecule has 0 fully saturated rings. The number of amides is 1. The molecular formula is C15H18N2O5. The number of ether oxygens (including phenoxy) is 1. The van der Waals surface area contributed by atoms with Crippen molar-refractivity contribution in [2.24, 2.45) is 0 Å². The number of esters is 1. The number of carbonyl (C=O) groups excluding carboxylic acids is 2. The number of nitrogens with one attached hydrogen (secondary N) is 1. The largest absolute Gasteiger partial charge is 0.480 e. The standard InChI is InChI=1S/C15H18N2O5/c1-3-10(15(20)21)16-13(18)7-17-8-14(19)22-12-5-4-9(2)6-11(12)17/h4-6,10H,3,7-8H2,1-2H3,(H,16,18)(H,20,21). The van der Waals surface area contributed by atoms with Crippen molar-refractivity contribution in [3.8, 4) is 5.75 Å². The molecule has 1 aromatic rings. The van der Waals surface area contributed by atoms with Crippen molar-refractivity contribution in [3.05, 3.63) is 23.8 Å². The molecule has 1 atom stereocenters. The Morgan fingerprint density at radius 2 is 2.18 bits per heavy atom. The lowest BCUT2D eigenvalue weighted by molar-refractivity contribution is -0.141. The Labute approximate surface area is 127 Å². The van der Waals surface area contributed by atoms with Crippen LogP contribution in [0.25, 0.3) is 0 Å². The van der Waals surface area contributed by atoms with Crippen LogP contribution in [0.4, 0.5) is 5.69 Å². The summed E-state index contributed by atoms with van der Waals surface area (Å²) in [5.41, 5.74) is 1.62. The summed E-state index contributed by atoms with van der Waals surface area (Å²) in [7, 11) is 0. The van der Waals surface area contributed by atoms with E-state index in [2.05, 4.69) is 5.32 Å². The second kappa shape index (κ2) is 6.46. The van der Waals surface area contributed by atoms with Gasteiger partial charge in [0.1, 0.15) is 12.6 Å². The molecule has 2 N–H and O–H groups in total. The lowest BCUT2D eigenvalue weighted by atomic mass is 10.1. The molecule has 1 heterocycles. The number of hydrogen-bond acceptors (Lipinski definition) is 5. The summed E-state index contributed by atoms with van der Waals surface area (Å²) in [6, 6.07) is 4.39. The van der Waals surface area contributed by atoms with Crippen LogP contribution in [0.15, 0.2) is 18.2 Å². The maximum atomic E-state index is 12.0. The fourth-order valence-electron chi connectivity index (χ4n) is 2.25. The van der Waals surface area contributed by atoms with Crippen LogP contribution in [0.5, 0.6) is 5.75 Å². The van der Waals surface area contributed by atoms with Gasteiger partial charge in [0.05, 0.1) is 12.2 Å². The maximum Gasteiger partial charge on any atom is 0.331 e. The zero-order chi connectivity index (χ0) is 16.3. The van der Waals surface area contributed by atoms with Gasteiger partial charge in [-0.25, -0.2) is 9.59 Å². The third-order valence-electron chi connectivity index (χ3n) is 3.37. The summed E-state index contributed by atoms with van der Waals surface area (Å²) in [6.45, 7) is 3.42. The molecule has 0 saturated carbocycles. The SMILES string of the molecule is CCC(NC(=O)CN1CC(=O)Oc2ccc(C)cc21)C(=O)O. The molecule has 1 amide bonds. The van der Waals surface area contributed by atoms with Gasteiger partial charge in [-0.3, -0.25) is 4.79 Å². The van der Waals surface area contributed by atoms with Gasteiger partial charge in [-0.2, -0.15) is 0 Å². The molecule has 7 nitrogen and oxygen atoms in total. The molecule has 0 bridgehead atoms. The second-order valence-corrected chi connectivity index (χ2v) is 5.17. The summed E-state index contributed by atoms with van der Waals surface area (Å²) >= 11 is 0. The molecule has 1 unspecified atom stereocenters. The number of anilines is 1. The average Bonchev–Trinajstić information content (AvgIpc) is 2.45. The van der Waals surface area contributed by atoms with Gasteiger partial charge in [0.2, 0.25) is 5.91 Å². The van der Waals surface area contributed by atoms with E-state index < -0.39 is 23.9 Å². The molecule has 0 aliphatic carbocycles. The zero-order valence-electron chi connectivity index (χ0n) is 12.5. The summed E-state index contributed by atoms with van der Waals surface area (Å²) in [6.07, 6.45) is 0.290. The van der Waals surface area contributed by atoms with Crippen LogP contribution in [-0.4, -0.2) is 42.1 Å². The summed E-state index contributed by atoms with van der Waals surface area (Å²) in [5, 5.41) is 11.4. The van der Waals surface area contributed by atoms with Gasteiger partial charge < -0.3 is 20.1 Å². The molecule has 2 rings (SSSR count). The van der Waals surface area contributed by atoms with Crippen molar-refractivity contribution < 1.29 is 24.2 Å². The fraction of sp³-hybridized carbons (Fsp3) is 0.400. The molecule has 1 aliphatic heterocycles. The number of carboxylic acids is 1. The van der Waals surface area contributed by atoms with Gasteiger partial charge in [0.25, 0.3) is 0 Å². The lowest BCUT2D eigenvalue weighted by Crippen LogP contribution is -2.47. The van der Waals surface area contributed by atoms with Crippen molar-refractivity contribution in [2.45, 2.75) is 26.3 Å². The number of rotatable bonds is 5. The Morgan fingerprint density at radius 1 is 1.45 bits per heavy atom. The smallest absolute Gasteiger partial charge is 0.331 e. The quantitative estimate of drug-likeness (QED) is 0.614. The number of hydrogen-bond donors (Lipinski definition) is 2. The van der Waals surface area contributed by atoms with Crippen LogP contribution in [0.3, 0.4) is 0 Å². The highest BCUT2D eigenvalue weighted by atomic mass is 16.5. The third-order valence-corrected chi connectivity index (χ3v) is 3.37. The summed E-state index contributed by atoms with van der Waals surface area (Å²) in [4.78, 5) is 36.2. The number of carbonyl (C=O) groups is 3. The number of nitrogens with zero attached hydrogens (tertiary/aromatic N) is 1. The highest BCUT2D eigenvalue weighted by Crippen LogP contribution is 2.32. The van der Waals surface area contributed by atoms with Crippen molar-refractivity contribution >= 4 is 23.5 Å². The first-order valence-corrected chi connectivity index (χ1v) is 6.99. The molecule has 0 spiro atoms. The fourth-order valence-corrected chi connectivity index (χ4v) is 2.25. The van der Waals surface area contributed by atoms with E-state index in [0.29, 0.717) is 17.9 Å². The first-order chi connectivity index (χ1) is 10.4. The molecule has 0 saturated heterocycles. The molecule has 1 aliphatic rings. The Bertz CT molecular complexity index is 614. The predicted octanol–water partition coefficient (Wildman–Crippen LogP) is 0.700. The van der Waals surface area contributed by atoms with Crippen LogP contribution in [0, 0.1) is 6.92 Å². The van der Waals surface area contributed by atoms with Gasteiger partial charge in [-0.15, -0.1) is 0 Å². The van der Waals surface area contributed by atoms with E-state index in [0.717, 1.165) is 5.56 Å². The van der Waals surface area contributed by atoms with E-state index in [1.165, 1.54) is 0 Å². The molecule has 22 heavy (non-hydrogen) atoms. The number of aryl methyl sites for hydroxylation is 1. The van der Waals surface area contributed by atoms with E-state index >= 15 is 0 Å². The number of fused-ring (bicyclic) bond motifs is 1. The average molecular weight is 306 g/mol. The summed E-state index contributed by atoms with van der Waals surface area (Å²) in [5.74, 6) is -1.57. The minimum Gasteiger partial charge on any atom is -0.480 e. The first kappa shape index (κ1) is 15.8. The highest BCUT2D eigenvalue weighted by molar-refractivity contribution is 5.91. The van der Waals surface area contributed by atoms with Crippen LogP contribution < -0.4 is 15.0 Å². The summed E-state index contributed by atoms with van der Waals surface area (Å²) < 4.78 is 5.13. The van der Waals surface area contributed by atoms with Crippen LogP contribution >= 0.6 is 0 Å². The van der Waals surface area contributed by atoms with Gasteiger partial charge in [0, 0.05) is 0 Å². The lowest BCUT2D eigenvalue weighted by Gasteiger charge is -2.29. The molecule has 1 aromatic carbocycles. The molecular weight excluding hydrogens is 288 g/mol. The van der Waals surface area contributed by atoms with E-state index in [4.69, 9.17) is 9.84 Å². The van der Waals surface area contributed by atoms with Crippen LogP contribution in [-0.2, 0) is 14.4 Å². The Kier molecular flexibility index (Phi) is 4.65. The number of aliphatic carboxylic acids is 1.